The smallest absolute Gasteiger partial charge is 0.310 e. The van der Waals surface area contributed by atoms with Gasteiger partial charge in [-0.15, -0.1) is 0 Å². The van der Waals surface area contributed by atoms with Gasteiger partial charge in [0, 0.05) is 12.6 Å². The van der Waals surface area contributed by atoms with E-state index in [9.17, 15) is 14.5 Å². The Morgan fingerprint density at radius 1 is 1.24 bits per heavy atom. The van der Waals surface area contributed by atoms with Gasteiger partial charge < -0.3 is 4.90 Å². The van der Waals surface area contributed by atoms with Crippen LogP contribution in [0.1, 0.15) is 18.5 Å². The van der Waals surface area contributed by atoms with Crippen LogP contribution in [0.15, 0.2) is 42.5 Å². The molecule has 0 N–H and O–H groups in total. The summed E-state index contributed by atoms with van der Waals surface area (Å²) in [6.45, 7) is 1.78. The number of nitrogens with zero attached hydrogens (tertiary/aromatic N) is 2. The molecule has 110 valence electrons. The zero-order chi connectivity index (χ0) is 15.6. The highest BCUT2D eigenvalue weighted by atomic mass is 35.5. The molecule has 0 aliphatic heterocycles. The summed E-state index contributed by atoms with van der Waals surface area (Å²) in [7, 11) is 1.68. The van der Waals surface area contributed by atoms with Gasteiger partial charge in [-0.05, 0) is 25.1 Å². The largest absolute Gasteiger partial charge is 0.362 e. The van der Waals surface area contributed by atoms with Crippen LogP contribution in [0.2, 0.25) is 5.02 Å². The number of hydrogen-bond donors (Lipinski definition) is 0. The molecule has 4 nitrogen and oxygen atoms in total. The fraction of sp³-hybridized carbons (Fsp3) is 0.200. The molecule has 0 radical (unpaired) electrons. The predicted molar refractivity (Wildman–Crippen MR) is 81.3 cm³/mol. The first-order valence-corrected chi connectivity index (χ1v) is 6.71. The van der Waals surface area contributed by atoms with Crippen molar-refractivity contribution in [2.45, 2.75) is 13.0 Å². The molecule has 0 spiro atoms. The predicted octanol–water partition coefficient (Wildman–Crippen LogP) is 4.58. The van der Waals surface area contributed by atoms with Crippen LogP contribution in [0.4, 0.5) is 15.8 Å². The summed E-state index contributed by atoms with van der Waals surface area (Å²) in [5, 5.41) is 11.3. The number of nitro benzene ring substituents is 1. The molecule has 0 aliphatic rings. The molecule has 0 saturated carbocycles. The number of rotatable bonds is 4. The Labute approximate surface area is 126 Å². The third-order valence-electron chi connectivity index (χ3n) is 3.46. The normalized spacial score (nSPS) is 12.0. The molecule has 1 unspecified atom stereocenters. The van der Waals surface area contributed by atoms with Crippen LogP contribution in [0.3, 0.4) is 0 Å². The highest BCUT2D eigenvalue weighted by Crippen LogP contribution is 2.38. The van der Waals surface area contributed by atoms with Gasteiger partial charge in [-0.2, -0.15) is 0 Å². The molecule has 2 aromatic carbocycles. The van der Waals surface area contributed by atoms with E-state index >= 15 is 0 Å². The average Bonchev–Trinajstić information content (AvgIpc) is 2.45. The standard InChI is InChI=1S/C15H14ClFN2O2/c1-10(11-6-3-4-8-13(11)17)18(2)14-9-5-7-12(16)15(14)19(20)21/h3-10H,1-2H3. The Bertz CT molecular complexity index is 678. The fourth-order valence-corrected chi connectivity index (χ4v) is 2.44. The van der Waals surface area contributed by atoms with Gasteiger partial charge in [0.2, 0.25) is 0 Å². The van der Waals surface area contributed by atoms with Gasteiger partial charge in [-0.25, -0.2) is 4.39 Å². The summed E-state index contributed by atoms with van der Waals surface area (Å²) in [5.41, 5.74) is 0.641. The molecule has 1 atom stereocenters. The summed E-state index contributed by atoms with van der Waals surface area (Å²) in [6, 6.07) is 10.7. The maximum atomic E-state index is 13.9. The van der Waals surface area contributed by atoms with Crippen LogP contribution in [-0.4, -0.2) is 12.0 Å². The number of para-hydroxylation sites is 1. The maximum absolute atomic E-state index is 13.9. The van der Waals surface area contributed by atoms with Crippen molar-refractivity contribution in [3.8, 4) is 0 Å². The van der Waals surface area contributed by atoms with Crippen molar-refractivity contribution in [3.63, 3.8) is 0 Å². The molecule has 0 fully saturated rings. The van der Waals surface area contributed by atoms with E-state index in [0.29, 0.717) is 11.3 Å². The molecule has 0 saturated heterocycles. The van der Waals surface area contributed by atoms with Gasteiger partial charge >= 0.3 is 5.69 Å². The Balaban J connectivity index is 2.46. The summed E-state index contributed by atoms with van der Waals surface area (Å²) in [5.74, 6) is -0.346. The van der Waals surface area contributed by atoms with Crippen LogP contribution in [0.25, 0.3) is 0 Å². The van der Waals surface area contributed by atoms with E-state index in [2.05, 4.69) is 0 Å². The highest BCUT2D eigenvalue weighted by Gasteiger charge is 2.25. The van der Waals surface area contributed by atoms with E-state index in [0.717, 1.165) is 0 Å². The van der Waals surface area contributed by atoms with Crippen molar-refractivity contribution >= 4 is 23.0 Å². The molecule has 2 aromatic rings. The number of nitro groups is 1. The Hall–Kier alpha value is -2.14. The summed E-state index contributed by atoms with van der Waals surface area (Å²) < 4.78 is 13.9. The second kappa shape index (κ2) is 6.10. The van der Waals surface area contributed by atoms with Gasteiger partial charge in [0.15, 0.2) is 0 Å². The van der Waals surface area contributed by atoms with Crippen LogP contribution in [0, 0.1) is 15.9 Å². The lowest BCUT2D eigenvalue weighted by molar-refractivity contribution is -0.384. The minimum absolute atomic E-state index is 0.0603. The topological polar surface area (TPSA) is 46.4 Å². The van der Waals surface area contributed by atoms with Crippen LogP contribution in [0.5, 0.6) is 0 Å². The van der Waals surface area contributed by atoms with Gasteiger partial charge in [0.25, 0.3) is 0 Å². The van der Waals surface area contributed by atoms with Crippen molar-refractivity contribution < 1.29 is 9.31 Å². The van der Waals surface area contributed by atoms with Gasteiger partial charge in [-0.1, -0.05) is 35.9 Å². The lowest BCUT2D eigenvalue weighted by atomic mass is 10.1. The monoisotopic (exact) mass is 308 g/mol. The minimum atomic E-state index is -0.526. The molecule has 0 heterocycles. The minimum Gasteiger partial charge on any atom is -0.362 e. The molecule has 0 aliphatic carbocycles. The second-order valence-electron chi connectivity index (χ2n) is 4.67. The lowest BCUT2D eigenvalue weighted by Crippen LogP contribution is -2.23. The fourth-order valence-electron chi connectivity index (χ4n) is 2.20. The molecular weight excluding hydrogens is 295 g/mol. The van der Waals surface area contributed by atoms with Crippen molar-refractivity contribution in [1.29, 1.82) is 0 Å². The first-order valence-electron chi connectivity index (χ1n) is 6.33. The van der Waals surface area contributed by atoms with Gasteiger partial charge in [0.1, 0.15) is 16.5 Å². The molecule has 0 amide bonds. The van der Waals surface area contributed by atoms with Gasteiger partial charge in [0.05, 0.1) is 11.0 Å². The van der Waals surface area contributed by atoms with E-state index in [1.807, 2.05) is 0 Å². The van der Waals surface area contributed by atoms with Crippen LogP contribution >= 0.6 is 11.6 Å². The Morgan fingerprint density at radius 3 is 2.52 bits per heavy atom. The van der Waals surface area contributed by atoms with E-state index in [1.165, 1.54) is 12.1 Å². The summed E-state index contributed by atoms with van der Waals surface area (Å²) >= 11 is 5.91. The van der Waals surface area contributed by atoms with E-state index in [1.54, 1.807) is 49.2 Å². The van der Waals surface area contributed by atoms with Crippen molar-refractivity contribution in [2.75, 3.05) is 11.9 Å². The van der Waals surface area contributed by atoms with Gasteiger partial charge in [-0.3, -0.25) is 10.1 Å². The molecule has 0 bridgehead atoms. The summed E-state index contributed by atoms with van der Waals surface area (Å²) in [4.78, 5) is 12.3. The molecule has 0 aromatic heterocycles. The highest BCUT2D eigenvalue weighted by molar-refractivity contribution is 6.33. The zero-order valence-corrected chi connectivity index (χ0v) is 12.3. The quantitative estimate of drug-likeness (QED) is 0.613. The number of halogens is 2. The third-order valence-corrected chi connectivity index (χ3v) is 3.77. The van der Waals surface area contributed by atoms with E-state index < -0.39 is 4.92 Å². The first-order chi connectivity index (χ1) is 9.93. The summed E-state index contributed by atoms with van der Waals surface area (Å²) in [6.07, 6.45) is 0. The number of anilines is 1. The molecule has 21 heavy (non-hydrogen) atoms. The van der Waals surface area contributed by atoms with Crippen molar-refractivity contribution in [1.82, 2.24) is 0 Å². The van der Waals surface area contributed by atoms with E-state index in [-0.39, 0.29) is 22.6 Å². The molecular formula is C15H14ClFN2O2. The van der Waals surface area contributed by atoms with Crippen LogP contribution in [-0.2, 0) is 0 Å². The number of hydrogen-bond acceptors (Lipinski definition) is 3. The van der Waals surface area contributed by atoms with Crippen LogP contribution < -0.4 is 4.90 Å². The maximum Gasteiger partial charge on any atom is 0.310 e. The SMILES string of the molecule is CC(c1ccccc1F)N(C)c1cccc(Cl)c1[N+](=O)[O-]. The third kappa shape index (κ3) is 2.97. The average molecular weight is 309 g/mol. The lowest BCUT2D eigenvalue weighted by Gasteiger charge is -2.27. The number of benzene rings is 2. The zero-order valence-electron chi connectivity index (χ0n) is 11.6. The molecule has 6 heteroatoms. The van der Waals surface area contributed by atoms with Crippen molar-refractivity contribution in [3.05, 3.63) is 69.0 Å². The Morgan fingerprint density at radius 2 is 1.90 bits per heavy atom. The molecule has 2 rings (SSSR count). The van der Waals surface area contributed by atoms with Crippen molar-refractivity contribution in [2.24, 2.45) is 0 Å². The Kier molecular flexibility index (Phi) is 4.43. The second-order valence-corrected chi connectivity index (χ2v) is 5.08. The van der Waals surface area contributed by atoms with E-state index in [4.69, 9.17) is 11.6 Å². The first kappa shape index (κ1) is 15.3.